The number of benzene rings is 1. The van der Waals surface area contributed by atoms with Crippen molar-refractivity contribution in [2.75, 3.05) is 36.8 Å². The Morgan fingerprint density at radius 2 is 1.83 bits per heavy atom. The lowest BCUT2D eigenvalue weighted by Crippen LogP contribution is -2.53. The molecular formula is C16H20Cl2N5O+. The molecule has 8 heteroatoms. The topological polar surface area (TPSA) is 69.2 Å². The lowest BCUT2D eigenvalue weighted by molar-refractivity contribution is -0.743. The van der Waals surface area contributed by atoms with E-state index in [4.69, 9.17) is 28.9 Å². The van der Waals surface area contributed by atoms with Crippen LogP contribution in [0, 0.1) is 6.92 Å². The van der Waals surface area contributed by atoms with Gasteiger partial charge in [0.15, 0.2) is 10.8 Å². The number of nitrogens with zero attached hydrogens (tertiary/aromatic N) is 3. The standard InChI is InChI=1S/C16H19Cl2N5O/c1-11-15(18)16(19)20-23(11)10-14(24)22-8-6-21(7-9-22)13-4-2-12(17)3-5-13/h2-5H,6-10H2,1H3,(H2,19,20)/p+1. The minimum atomic E-state index is 0.0526. The van der Waals surface area contributed by atoms with E-state index in [9.17, 15) is 4.79 Å². The summed E-state index contributed by atoms with van der Waals surface area (Å²) in [5.74, 6) is 0.436. The largest absolute Gasteiger partial charge is 0.380 e. The van der Waals surface area contributed by atoms with Gasteiger partial charge >= 0.3 is 0 Å². The number of nitrogens with one attached hydrogen (secondary N) is 1. The number of halogens is 2. The van der Waals surface area contributed by atoms with Gasteiger partial charge in [-0.1, -0.05) is 23.2 Å². The number of aromatic nitrogens is 2. The van der Waals surface area contributed by atoms with Crippen LogP contribution < -0.4 is 15.3 Å². The van der Waals surface area contributed by atoms with Crippen molar-refractivity contribution in [1.82, 2.24) is 10.00 Å². The first-order chi connectivity index (χ1) is 11.5. The smallest absolute Gasteiger partial charge is 0.291 e. The van der Waals surface area contributed by atoms with E-state index in [1.165, 1.54) is 0 Å². The summed E-state index contributed by atoms with van der Waals surface area (Å²) in [6.07, 6.45) is 0. The fraction of sp³-hybridized carbons (Fsp3) is 0.375. The highest BCUT2D eigenvalue weighted by Crippen LogP contribution is 2.20. The van der Waals surface area contributed by atoms with Crippen LogP contribution in [0.1, 0.15) is 5.69 Å². The molecule has 1 aliphatic heterocycles. The Morgan fingerprint density at radius 1 is 1.21 bits per heavy atom. The van der Waals surface area contributed by atoms with Gasteiger partial charge in [0.2, 0.25) is 12.2 Å². The number of carbonyl (C=O) groups is 1. The molecule has 0 bridgehead atoms. The number of hydrogen-bond donors (Lipinski definition) is 2. The predicted octanol–water partition coefficient (Wildman–Crippen LogP) is 1.85. The molecule has 1 saturated heterocycles. The Hall–Kier alpha value is -1.92. The number of rotatable bonds is 3. The molecule has 0 atom stereocenters. The Balaban J connectivity index is 1.59. The van der Waals surface area contributed by atoms with Gasteiger partial charge in [0.1, 0.15) is 0 Å². The zero-order chi connectivity index (χ0) is 17.3. The molecule has 0 spiro atoms. The monoisotopic (exact) mass is 368 g/mol. The molecule has 3 rings (SSSR count). The van der Waals surface area contributed by atoms with Gasteiger partial charge in [-0.05, 0) is 24.3 Å². The Labute approximate surface area is 150 Å². The third-order valence-electron chi connectivity index (χ3n) is 4.33. The maximum Gasteiger partial charge on any atom is 0.291 e. The van der Waals surface area contributed by atoms with Gasteiger partial charge in [0, 0.05) is 43.8 Å². The average molecular weight is 369 g/mol. The van der Waals surface area contributed by atoms with Crippen LogP contribution >= 0.6 is 23.2 Å². The number of anilines is 2. The molecule has 0 unspecified atom stereocenters. The minimum absolute atomic E-state index is 0.0526. The minimum Gasteiger partial charge on any atom is -0.380 e. The third-order valence-corrected chi connectivity index (χ3v) is 5.06. The molecule has 1 amide bonds. The number of aromatic amines is 1. The van der Waals surface area contributed by atoms with E-state index in [1.807, 2.05) is 36.1 Å². The predicted molar refractivity (Wildman–Crippen MR) is 95.4 cm³/mol. The molecule has 3 N–H and O–H groups in total. The zero-order valence-electron chi connectivity index (χ0n) is 13.4. The summed E-state index contributed by atoms with van der Waals surface area (Å²) in [5, 5.41) is 4.11. The molecule has 0 aliphatic carbocycles. The van der Waals surface area contributed by atoms with E-state index in [0.29, 0.717) is 23.9 Å². The summed E-state index contributed by atoms with van der Waals surface area (Å²) >= 11 is 12.0. The first kappa shape index (κ1) is 16.9. The first-order valence-electron chi connectivity index (χ1n) is 7.77. The molecule has 0 radical (unpaired) electrons. The number of nitrogen functional groups attached to an aromatic ring is 1. The van der Waals surface area contributed by atoms with Crippen molar-refractivity contribution in [2.24, 2.45) is 0 Å². The van der Waals surface area contributed by atoms with Gasteiger partial charge in [-0.15, -0.1) is 9.78 Å². The maximum atomic E-state index is 12.5. The highest BCUT2D eigenvalue weighted by atomic mass is 35.5. The van der Waals surface area contributed by atoms with Gasteiger partial charge in [-0.2, -0.15) is 0 Å². The van der Waals surface area contributed by atoms with Crippen LogP contribution in [0.4, 0.5) is 11.5 Å². The van der Waals surface area contributed by atoms with Crippen LogP contribution in [0.25, 0.3) is 0 Å². The molecule has 128 valence electrons. The molecular weight excluding hydrogens is 349 g/mol. The van der Waals surface area contributed by atoms with Crippen LogP contribution in [0.2, 0.25) is 10.0 Å². The number of amides is 1. The molecule has 1 fully saturated rings. The molecule has 2 heterocycles. The van der Waals surface area contributed by atoms with Crippen molar-refractivity contribution in [3.63, 3.8) is 0 Å². The second kappa shape index (κ2) is 6.91. The van der Waals surface area contributed by atoms with Crippen LogP contribution in [0.3, 0.4) is 0 Å². The van der Waals surface area contributed by atoms with Gasteiger partial charge in [-0.25, -0.2) is 0 Å². The SMILES string of the molecule is Cc1c(Cl)c(N)[nH][n+]1CC(=O)N1CCN(c2ccc(Cl)cc2)CC1. The van der Waals surface area contributed by atoms with E-state index in [-0.39, 0.29) is 12.5 Å². The maximum absolute atomic E-state index is 12.5. The molecule has 0 saturated carbocycles. The van der Waals surface area contributed by atoms with Crippen molar-refractivity contribution in [3.05, 3.63) is 40.0 Å². The van der Waals surface area contributed by atoms with Gasteiger partial charge < -0.3 is 15.5 Å². The number of carbonyl (C=O) groups excluding carboxylic acids is 1. The third kappa shape index (κ3) is 3.44. The second-order valence-electron chi connectivity index (χ2n) is 5.86. The van der Waals surface area contributed by atoms with Crippen molar-refractivity contribution in [3.8, 4) is 0 Å². The summed E-state index contributed by atoms with van der Waals surface area (Å²) in [4.78, 5) is 16.6. The number of nitrogens with two attached hydrogens (primary N) is 1. The van der Waals surface area contributed by atoms with E-state index >= 15 is 0 Å². The number of hydrogen-bond acceptors (Lipinski definition) is 3. The summed E-state index contributed by atoms with van der Waals surface area (Å²) in [5.41, 5.74) is 7.63. The lowest BCUT2D eigenvalue weighted by atomic mass is 10.2. The summed E-state index contributed by atoms with van der Waals surface area (Å²) in [6, 6.07) is 7.77. The van der Waals surface area contributed by atoms with E-state index < -0.39 is 0 Å². The Morgan fingerprint density at radius 3 is 2.38 bits per heavy atom. The molecule has 6 nitrogen and oxygen atoms in total. The number of piperazine rings is 1. The molecule has 1 aromatic heterocycles. The first-order valence-corrected chi connectivity index (χ1v) is 8.53. The molecule has 1 aliphatic rings. The lowest BCUT2D eigenvalue weighted by Gasteiger charge is -2.35. The van der Waals surface area contributed by atoms with Crippen molar-refractivity contribution in [2.45, 2.75) is 13.5 Å². The van der Waals surface area contributed by atoms with Gasteiger partial charge in [0.05, 0.1) is 0 Å². The van der Waals surface area contributed by atoms with Gasteiger partial charge in [0.25, 0.3) is 5.91 Å². The Bertz CT molecular complexity index is 736. The molecule has 1 aromatic carbocycles. The van der Waals surface area contributed by atoms with Crippen LogP contribution in [-0.2, 0) is 11.3 Å². The quantitative estimate of drug-likeness (QED) is 0.812. The second-order valence-corrected chi connectivity index (χ2v) is 6.67. The highest BCUT2D eigenvalue weighted by molar-refractivity contribution is 6.33. The summed E-state index contributed by atoms with van der Waals surface area (Å²) in [6.45, 7) is 5.01. The molecule has 2 aromatic rings. The molecule has 24 heavy (non-hydrogen) atoms. The van der Waals surface area contributed by atoms with Crippen molar-refractivity contribution in [1.29, 1.82) is 0 Å². The summed E-state index contributed by atoms with van der Waals surface area (Å²) in [7, 11) is 0. The van der Waals surface area contributed by atoms with Crippen LogP contribution in [0.5, 0.6) is 0 Å². The fourth-order valence-electron chi connectivity index (χ4n) is 2.85. The van der Waals surface area contributed by atoms with E-state index in [1.54, 1.807) is 4.68 Å². The van der Waals surface area contributed by atoms with Crippen molar-refractivity contribution >= 4 is 40.6 Å². The van der Waals surface area contributed by atoms with E-state index in [2.05, 4.69) is 10.00 Å². The van der Waals surface area contributed by atoms with E-state index in [0.717, 1.165) is 29.5 Å². The average Bonchev–Trinajstić information content (AvgIpc) is 2.83. The van der Waals surface area contributed by atoms with Crippen LogP contribution in [-0.4, -0.2) is 42.1 Å². The summed E-state index contributed by atoms with van der Waals surface area (Å²) < 4.78 is 1.69. The number of H-pyrrole nitrogens is 1. The normalized spacial score (nSPS) is 15.0. The van der Waals surface area contributed by atoms with Gasteiger partial charge in [-0.3, -0.25) is 4.79 Å². The van der Waals surface area contributed by atoms with Crippen LogP contribution in [0.15, 0.2) is 24.3 Å². The zero-order valence-corrected chi connectivity index (χ0v) is 14.9. The highest BCUT2D eigenvalue weighted by Gasteiger charge is 2.27. The Kier molecular flexibility index (Phi) is 4.87. The van der Waals surface area contributed by atoms with Crippen molar-refractivity contribution < 1.29 is 9.48 Å². The fourth-order valence-corrected chi connectivity index (χ4v) is 3.12.